The first kappa shape index (κ1) is 20.4. The van der Waals surface area contributed by atoms with E-state index in [2.05, 4.69) is 19.5 Å². The predicted octanol–water partition coefficient (Wildman–Crippen LogP) is 2.94. The predicted molar refractivity (Wildman–Crippen MR) is 115 cm³/mol. The van der Waals surface area contributed by atoms with Gasteiger partial charge in [-0.05, 0) is 12.5 Å². The van der Waals surface area contributed by atoms with E-state index < -0.39 is 10.9 Å². The monoisotopic (exact) mass is 484 g/mol. The molecule has 0 amide bonds. The minimum Gasteiger partial charge on any atom is -0.431 e. The average Bonchev–Trinajstić information content (AvgIpc) is 3.33. The molecule has 4 atom stereocenters. The van der Waals surface area contributed by atoms with Crippen molar-refractivity contribution < 1.29 is 18.3 Å². The van der Waals surface area contributed by atoms with E-state index in [0.717, 1.165) is 18.8 Å². The normalized spacial score (nSPS) is 29.7. The first-order valence-electron chi connectivity index (χ1n) is 10.4. The number of pyridine rings is 1. The second kappa shape index (κ2) is 7.16. The van der Waals surface area contributed by atoms with E-state index in [9.17, 15) is 8.78 Å². The standard InChI is InChI=1S/C20H20Cl2F2N6O2/c21-20(22)12-6-29(7-13(12)20)19-27-14(9-1-15(32-18(23)24)17(25)26-4-9)3-16(28-19)30-5-11-2-10(30)8-31-11/h1,3-4,10-13,18H,2,5-8H2,(H2,25,26)/t10-,11-,12?,13?/m0/s1. The number of rotatable bonds is 5. The molecule has 0 aromatic carbocycles. The fourth-order valence-corrected chi connectivity index (χ4v) is 5.75. The Kier molecular flexibility index (Phi) is 4.58. The van der Waals surface area contributed by atoms with Gasteiger partial charge in [-0.15, -0.1) is 23.2 Å². The van der Waals surface area contributed by atoms with Gasteiger partial charge in [-0.1, -0.05) is 0 Å². The van der Waals surface area contributed by atoms with Gasteiger partial charge in [0.15, 0.2) is 11.6 Å². The molecule has 2 unspecified atom stereocenters. The zero-order chi connectivity index (χ0) is 22.2. The SMILES string of the molecule is Nc1ncc(-c2cc(N3C[C@@H]4C[C@H]3CO4)nc(N3CC4C(C3)C4(Cl)Cl)n2)cc1OC(F)F. The maximum atomic E-state index is 12.8. The summed E-state index contributed by atoms with van der Waals surface area (Å²) >= 11 is 12.6. The molecule has 0 spiro atoms. The van der Waals surface area contributed by atoms with Gasteiger partial charge in [-0.3, -0.25) is 0 Å². The average molecular weight is 485 g/mol. The number of fused-ring (bicyclic) bond motifs is 3. The highest BCUT2D eigenvalue weighted by atomic mass is 35.5. The van der Waals surface area contributed by atoms with Crippen molar-refractivity contribution >= 4 is 40.8 Å². The van der Waals surface area contributed by atoms with E-state index in [4.69, 9.17) is 43.6 Å². The number of piperidine rings is 1. The third-order valence-electron chi connectivity index (χ3n) is 6.77. The summed E-state index contributed by atoms with van der Waals surface area (Å²) in [5.74, 6) is 1.37. The second-order valence-electron chi connectivity index (χ2n) is 8.69. The Bertz CT molecular complexity index is 1060. The minimum atomic E-state index is -3.01. The highest BCUT2D eigenvalue weighted by molar-refractivity contribution is 6.51. The van der Waals surface area contributed by atoms with Crippen LogP contribution in [0.5, 0.6) is 5.75 Å². The number of nitrogens with two attached hydrogens (primary N) is 1. The van der Waals surface area contributed by atoms with Gasteiger partial charge in [0.1, 0.15) is 10.2 Å². The Hall–Kier alpha value is -2.17. The van der Waals surface area contributed by atoms with Crippen LogP contribution in [0.25, 0.3) is 11.3 Å². The highest BCUT2D eigenvalue weighted by Crippen LogP contribution is 2.62. The zero-order valence-electron chi connectivity index (χ0n) is 16.8. The number of nitrogen functional groups attached to an aromatic ring is 1. The maximum Gasteiger partial charge on any atom is 0.387 e. The molecule has 2 aromatic heterocycles. The zero-order valence-corrected chi connectivity index (χ0v) is 18.3. The molecule has 32 heavy (non-hydrogen) atoms. The summed E-state index contributed by atoms with van der Waals surface area (Å²) in [5.41, 5.74) is 6.76. The molecule has 2 bridgehead atoms. The Labute approximate surface area is 192 Å². The number of morpholine rings is 1. The molecule has 12 heteroatoms. The summed E-state index contributed by atoms with van der Waals surface area (Å²) in [4.78, 5) is 17.9. The molecule has 2 aromatic rings. The molecule has 3 aliphatic heterocycles. The lowest BCUT2D eigenvalue weighted by Crippen LogP contribution is -2.38. The molecule has 6 rings (SSSR count). The summed E-state index contributed by atoms with van der Waals surface area (Å²) in [6.07, 6.45) is 2.64. The Balaban J connectivity index is 1.38. The van der Waals surface area contributed by atoms with Gasteiger partial charge in [0.25, 0.3) is 0 Å². The summed E-state index contributed by atoms with van der Waals surface area (Å²) < 4.78 is 35.1. The van der Waals surface area contributed by atoms with Crippen molar-refractivity contribution in [1.29, 1.82) is 0 Å². The Morgan fingerprint density at radius 1 is 1.19 bits per heavy atom. The van der Waals surface area contributed by atoms with Crippen LogP contribution in [-0.2, 0) is 4.74 Å². The first-order chi connectivity index (χ1) is 15.3. The number of aromatic nitrogens is 3. The lowest BCUT2D eigenvalue weighted by Gasteiger charge is -2.29. The van der Waals surface area contributed by atoms with Crippen LogP contribution in [0.1, 0.15) is 6.42 Å². The smallest absolute Gasteiger partial charge is 0.387 e. The van der Waals surface area contributed by atoms with Crippen molar-refractivity contribution in [3.8, 4) is 17.0 Å². The summed E-state index contributed by atoms with van der Waals surface area (Å²) in [6.45, 7) is -0.277. The molecule has 5 heterocycles. The minimum absolute atomic E-state index is 0.113. The lowest BCUT2D eigenvalue weighted by atomic mass is 10.2. The molecular formula is C20H20Cl2F2N6O2. The van der Waals surface area contributed by atoms with Crippen molar-refractivity contribution in [1.82, 2.24) is 15.0 Å². The summed E-state index contributed by atoms with van der Waals surface area (Å²) in [7, 11) is 0. The van der Waals surface area contributed by atoms with Gasteiger partial charge >= 0.3 is 6.61 Å². The van der Waals surface area contributed by atoms with Crippen LogP contribution in [-0.4, -0.2) is 64.3 Å². The molecule has 3 saturated heterocycles. The quantitative estimate of drug-likeness (QED) is 0.647. The number of hydrogen-bond acceptors (Lipinski definition) is 8. The molecule has 4 fully saturated rings. The number of ether oxygens (including phenoxy) is 2. The van der Waals surface area contributed by atoms with Crippen molar-refractivity contribution in [2.45, 2.75) is 29.5 Å². The van der Waals surface area contributed by atoms with E-state index in [1.54, 1.807) is 0 Å². The molecule has 1 saturated carbocycles. The number of alkyl halides is 4. The van der Waals surface area contributed by atoms with Crippen LogP contribution in [0.3, 0.4) is 0 Å². The lowest BCUT2D eigenvalue weighted by molar-refractivity contribution is -0.0494. The van der Waals surface area contributed by atoms with Crippen molar-refractivity contribution in [2.75, 3.05) is 41.8 Å². The molecule has 2 N–H and O–H groups in total. The van der Waals surface area contributed by atoms with Crippen LogP contribution < -0.4 is 20.3 Å². The van der Waals surface area contributed by atoms with E-state index in [1.807, 2.05) is 6.07 Å². The van der Waals surface area contributed by atoms with Crippen molar-refractivity contribution in [2.24, 2.45) is 11.8 Å². The molecule has 8 nitrogen and oxygen atoms in total. The van der Waals surface area contributed by atoms with Crippen molar-refractivity contribution in [3.63, 3.8) is 0 Å². The van der Waals surface area contributed by atoms with Crippen LogP contribution in [0.2, 0.25) is 0 Å². The molecule has 1 aliphatic carbocycles. The van der Waals surface area contributed by atoms with Gasteiger partial charge < -0.3 is 25.0 Å². The van der Waals surface area contributed by atoms with E-state index in [1.165, 1.54) is 12.3 Å². The summed E-state index contributed by atoms with van der Waals surface area (Å²) in [6, 6.07) is 3.52. The number of nitrogens with zero attached hydrogens (tertiary/aromatic N) is 5. The largest absolute Gasteiger partial charge is 0.431 e. The van der Waals surface area contributed by atoms with E-state index in [-0.39, 0.29) is 35.5 Å². The molecule has 4 aliphatic rings. The maximum absolute atomic E-state index is 12.8. The Morgan fingerprint density at radius 2 is 1.97 bits per heavy atom. The highest BCUT2D eigenvalue weighted by Gasteiger charge is 2.67. The third kappa shape index (κ3) is 3.31. The number of hydrogen-bond donors (Lipinski definition) is 1. The number of anilines is 3. The van der Waals surface area contributed by atoms with Gasteiger partial charge in [0.05, 0.1) is 24.4 Å². The Morgan fingerprint density at radius 3 is 2.62 bits per heavy atom. The molecular weight excluding hydrogens is 465 g/mol. The van der Waals surface area contributed by atoms with Gasteiger partial charge in [0, 0.05) is 49.3 Å². The molecule has 0 radical (unpaired) electrons. The van der Waals surface area contributed by atoms with E-state index in [0.29, 0.717) is 36.9 Å². The van der Waals surface area contributed by atoms with E-state index >= 15 is 0 Å². The number of halogens is 4. The van der Waals surface area contributed by atoms with Crippen LogP contribution in [0.4, 0.5) is 26.4 Å². The van der Waals surface area contributed by atoms with Crippen LogP contribution in [0, 0.1) is 11.8 Å². The second-order valence-corrected chi connectivity index (χ2v) is 10.1. The van der Waals surface area contributed by atoms with Gasteiger partial charge in [-0.25, -0.2) is 9.97 Å². The first-order valence-corrected chi connectivity index (χ1v) is 11.2. The van der Waals surface area contributed by atoms with Crippen molar-refractivity contribution in [3.05, 3.63) is 18.3 Å². The van der Waals surface area contributed by atoms with Gasteiger partial charge in [0.2, 0.25) is 5.95 Å². The third-order valence-corrected chi connectivity index (χ3v) is 7.89. The summed E-state index contributed by atoms with van der Waals surface area (Å²) in [5, 5.41) is 0. The molecule has 170 valence electrons. The van der Waals surface area contributed by atoms with Crippen LogP contribution in [0.15, 0.2) is 18.3 Å². The van der Waals surface area contributed by atoms with Gasteiger partial charge in [-0.2, -0.15) is 13.8 Å². The topological polar surface area (TPSA) is 89.6 Å². The fraction of sp³-hybridized carbons (Fsp3) is 0.550. The van der Waals surface area contributed by atoms with Crippen LogP contribution >= 0.6 is 23.2 Å². The fourth-order valence-electron chi connectivity index (χ4n) is 5.00.